The molecule has 0 unspecified atom stereocenters. The van der Waals surface area contributed by atoms with Crippen molar-refractivity contribution < 1.29 is 0 Å². The van der Waals surface area contributed by atoms with Gasteiger partial charge < -0.3 is 0 Å². The van der Waals surface area contributed by atoms with Crippen molar-refractivity contribution in [3.05, 3.63) is 48.7 Å². The van der Waals surface area contributed by atoms with E-state index in [0.29, 0.717) is 6.67 Å². The van der Waals surface area contributed by atoms with Gasteiger partial charge in [0.25, 0.3) is 0 Å². The van der Waals surface area contributed by atoms with Crippen LogP contribution in [0.4, 0.5) is 5.69 Å². The number of anilines is 1. The molecule has 6 heteroatoms. The van der Waals surface area contributed by atoms with Crippen LogP contribution in [-0.2, 0) is 0 Å². The molecule has 1 aromatic heterocycles. The summed E-state index contributed by atoms with van der Waals surface area (Å²) in [7, 11) is 0. The van der Waals surface area contributed by atoms with Crippen molar-refractivity contribution in [3.63, 3.8) is 0 Å². The normalized spacial score (nSPS) is 15.1. The second kappa shape index (κ2) is 5.87. The molecule has 0 fully saturated rings. The van der Waals surface area contributed by atoms with Crippen LogP contribution >= 0.6 is 0 Å². The van der Waals surface area contributed by atoms with E-state index < -0.39 is 18.4 Å². The Hall–Kier alpha value is -1.63. The number of hydrogen-bond acceptors (Lipinski definition) is 4. The third-order valence-electron chi connectivity index (χ3n) is 3.63. The summed E-state index contributed by atoms with van der Waals surface area (Å²) in [6.45, 7) is 2.60. The van der Waals surface area contributed by atoms with E-state index >= 15 is 0 Å². The third kappa shape index (κ3) is 3.24. The molecule has 0 bridgehead atoms. The van der Waals surface area contributed by atoms with Crippen LogP contribution in [0.15, 0.2) is 47.9 Å². The van der Waals surface area contributed by atoms with Crippen molar-refractivity contribution in [2.24, 2.45) is 4.99 Å². The van der Waals surface area contributed by atoms with Crippen molar-refractivity contribution in [3.8, 4) is 5.69 Å². The monoisotopic (exact) mass is 403 g/mol. The summed E-state index contributed by atoms with van der Waals surface area (Å²) in [6, 6.07) is 8.30. The van der Waals surface area contributed by atoms with Gasteiger partial charge in [-0.2, -0.15) is 0 Å². The first-order valence-corrected chi connectivity index (χ1v) is 17.4. The van der Waals surface area contributed by atoms with E-state index in [0.717, 1.165) is 17.2 Å². The molecule has 5 nitrogen and oxygen atoms in total. The fourth-order valence-corrected chi connectivity index (χ4v) is 5.53. The number of allylic oxidation sites excluding steroid dienone is 1. The van der Waals surface area contributed by atoms with Crippen LogP contribution in [0.5, 0.6) is 0 Å². The number of aromatic nitrogens is 3. The summed E-state index contributed by atoms with van der Waals surface area (Å²) in [4.78, 5) is 18.3. The van der Waals surface area contributed by atoms with E-state index in [1.54, 1.807) is 11.0 Å². The Morgan fingerprint density at radius 1 is 1.05 bits per heavy atom. The van der Waals surface area contributed by atoms with Gasteiger partial charge >= 0.3 is 135 Å². The van der Waals surface area contributed by atoms with Crippen LogP contribution < -0.4 is 4.90 Å². The molecule has 1 aliphatic heterocycles. The Morgan fingerprint density at radius 3 is 2.23 bits per heavy atom. The Bertz CT molecular complexity index is 722. The van der Waals surface area contributed by atoms with Crippen LogP contribution in [0.1, 0.15) is 5.82 Å². The SMILES string of the molecule is Cc1ncn(-c2ccc(N3C=C[C]([Sn]([CH3])([CH3])[CH3])=NC3)cc2)n1. The molecule has 0 atom stereocenters. The first-order valence-electron chi connectivity index (χ1n) is 7.42. The molecule has 0 spiro atoms. The maximum absolute atomic E-state index is 4.76. The van der Waals surface area contributed by atoms with Gasteiger partial charge in [-0.3, -0.25) is 0 Å². The van der Waals surface area contributed by atoms with Crippen LogP contribution in [0.25, 0.3) is 5.69 Å². The number of nitrogens with zero attached hydrogens (tertiary/aromatic N) is 5. The first kappa shape index (κ1) is 15.3. The molecule has 1 aliphatic rings. The summed E-state index contributed by atoms with van der Waals surface area (Å²) in [5.74, 6) is 0.776. The van der Waals surface area contributed by atoms with Gasteiger partial charge in [0, 0.05) is 0 Å². The fraction of sp³-hybridized carbons (Fsp3) is 0.312. The van der Waals surface area contributed by atoms with E-state index in [1.165, 1.54) is 3.73 Å². The molecule has 1 aromatic carbocycles. The molecule has 22 heavy (non-hydrogen) atoms. The Balaban J connectivity index is 1.75. The Kier molecular flexibility index (Phi) is 4.07. The third-order valence-corrected chi connectivity index (χ3v) is 8.94. The van der Waals surface area contributed by atoms with Crippen molar-refractivity contribution >= 4 is 27.8 Å². The van der Waals surface area contributed by atoms with E-state index in [2.05, 4.69) is 66.3 Å². The minimum atomic E-state index is -2.04. The molecule has 2 heterocycles. The van der Waals surface area contributed by atoms with Crippen molar-refractivity contribution in [1.29, 1.82) is 0 Å². The Labute approximate surface area is 135 Å². The van der Waals surface area contributed by atoms with Gasteiger partial charge in [-0.1, -0.05) is 0 Å². The number of rotatable bonds is 3. The second-order valence-electron chi connectivity index (χ2n) is 6.47. The number of aryl methyl sites for hydroxylation is 1. The number of hydrogen-bond donors (Lipinski definition) is 0. The molecule has 3 rings (SSSR count). The topological polar surface area (TPSA) is 46.3 Å². The van der Waals surface area contributed by atoms with E-state index in [-0.39, 0.29) is 0 Å². The van der Waals surface area contributed by atoms with Gasteiger partial charge in [-0.25, -0.2) is 0 Å². The average molecular weight is 402 g/mol. The van der Waals surface area contributed by atoms with Gasteiger partial charge in [0.05, 0.1) is 0 Å². The number of benzene rings is 1. The van der Waals surface area contributed by atoms with Gasteiger partial charge in [0.2, 0.25) is 0 Å². The summed E-state index contributed by atoms with van der Waals surface area (Å²) in [6.07, 6.45) is 6.07. The predicted molar refractivity (Wildman–Crippen MR) is 93.4 cm³/mol. The molecule has 2 aromatic rings. The molecule has 0 saturated carbocycles. The van der Waals surface area contributed by atoms with Crippen LogP contribution in [0, 0.1) is 6.92 Å². The average Bonchev–Trinajstić information content (AvgIpc) is 2.93. The molecule has 0 amide bonds. The Morgan fingerprint density at radius 2 is 1.73 bits per heavy atom. The molecule has 114 valence electrons. The summed E-state index contributed by atoms with van der Waals surface area (Å²) >= 11 is -2.04. The molecule has 0 radical (unpaired) electrons. The number of aliphatic imine (C=N–C) groups is 1. The zero-order chi connectivity index (χ0) is 15.7. The molecular formula is C16H21N5Sn. The predicted octanol–water partition coefficient (Wildman–Crippen LogP) is 3.19. The van der Waals surface area contributed by atoms with Gasteiger partial charge in [0.1, 0.15) is 0 Å². The van der Waals surface area contributed by atoms with Crippen molar-refractivity contribution in [1.82, 2.24) is 14.8 Å². The van der Waals surface area contributed by atoms with Gasteiger partial charge in [-0.15, -0.1) is 0 Å². The molecular weight excluding hydrogens is 381 g/mol. The van der Waals surface area contributed by atoms with Crippen molar-refractivity contribution in [2.75, 3.05) is 11.6 Å². The van der Waals surface area contributed by atoms with Gasteiger partial charge in [0.15, 0.2) is 0 Å². The molecule has 0 aliphatic carbocycles. The standard InChI is InChI=1S/C13H12N5.3CH3.Sn/c1-11-15-10-18(16-11)13-5-3-12(4-6-13)17-8-2-7-14-9-17;;;;/h2-6,8,10H,9H2,1H3;3*1H3;. The van der Waals surface area contributed by atoms with Gasteiger partial charge in [-0.05, 0) is 0 Å². The van der Waals surface area contributed by atoms with Crippen LogP contribution in [-0.4, -0.2) is 43.5 Å². The molecule has 0 N–H and O–H groups in total. The zero-order valence-corrected chi connectivity index (χ0v) is 16.3. The summed E-state index contributed by atoms with van der Waals surface area (Å²) in [5, 5.41) is 4.32. The minimum absolute atomic E-state index is 0.710. The zero-order valence-electron chi connectivity index (χ0n) is 13.5. The van der Waals surface area contributed by atoms with E-state index in [1.807, 2.05) is 6.92 Å². The van der Waals surface area contributed by atoms with Crippen LogP contribution in [0.2, 0.25) is 14.8 Å². The van der Waals surface area contributed by atoms with E-state index in [4.69, 9.17) is 4.99 Å². The van der Waals surface area contributed by atoms with E-state index in [9.17, 15) is 0 Å². The molecule has 0 saturated heterocycles. The summed E-state index contributed by atoms with van der Waals surface area (Å²) in [5.41, 5.74) is 2.16. The maximum atomic E-state index is 4.76. The quantitative estimate of drug-likeness (QED) is 0.742. The summed E-state index contributed by atoms with van der Waals surface area (Å²) < 4.78 is 3.13. The van der Waals surface area contributed by atoms with Crippen molar-refractivity contribution in [2.45, 2.75) is 21.7 Å². The second-order valence-corrected chi connectivity index (χ2v) is 20.8. The van der Waals surface area contributed by atoms with Crippen LogP contribution in [0.3, 0.4) is 0 Å². The first-order chi connectivity index (χ1) is 10.4. The fourth-order valence-electron chi connectivity index (χ4n) is 2.33.